The second-order valence-corrected chi connectivity index (χ2v) is 7.79. The van der Waals surface area contributed by atoms with Gasteiger partial charge in [0.1, 0.15) is 12.0 Å². The first-order valence-electron chi connectivity index (χ1n) is 8.87. The molecule has 0 aliphatic rings. The summed E-state index contributed by atoms with van der Waals surface area (Å²) in [5.74, 6) is 0. The number of rotatable bonds is 6. The Hall–Kier alpha value is -2.97. The van der Waals surface area contributed by atoms with E-state index in [4.69, 9.17) is 0 Å². The highest BCUT2D eigenvalue weighted by Crippen LogP contribution is 2.33. The van der Waals surface area contributed by atoms with Crippen molar-refractivity contribution in [1.29, 1.82) is 0 Å². The number of hydrogen-bond donors (Lipinski definition) is 1. The van der Waals surface area contributed by atoms with Gasteiger partial charge in [0.2, 0.25) is 0 Å². The van der Waals surface area contributed by atoms with Gasteiger partial charge in [-0.2, -0.15) is 0 Å². The Morgan fingerprint density at radius 2 is 1.96 bits per heavy atom. The van der Waals surface area contributed by atoms with Gasteiger partial charge in [-0.25, -0.2) is 4.68 Å². The Morgan fingerprint density at radius 3 is 2.75 bits per heavy atom. The zero-order valence-corrected chi connectivity index (χ0v) is 16.4. The molecule has 1 atom stereocenters. The number of aromatic nitrogens is 6. The normalized spacial score (nSPS) is 12.2. The predicted molar refractivity (Wildman–Crippen MR) is 108 cm³/mol. The molecule has 0 spiro atoms. The average Bonchev–Trinajstić information content (AvgIpc) is 3.38. The minimum Gasteiger partial charge on any atom is -0.392 e. The van der Waals surface area contributed by atoms with Crippen molar-refractivity contribution in [2.45, 2.75) is 23.9 Å². The van der Waals surface area contributed by atoms with Crippen LogP contribution in [0.1, 0.15) is 23.3 Å². The summed E-state index contributed by atoms with van der Waals surface area (Å²) in [5.41, 5.74) is 4.66. The van der Waals surface area contributed by atoms with Crippen LogP contribution in [-0.2, 0) is 13.7 Å². The van der Waals surface area contributed by atoms with Gasteiger partial charge in [-0.3, -0.25) is 0 Å². The lowest BCUT2D eigenvalue weighted by Gasteiger charge is -2.12. The lowest BCUT2D eigenvalue weighted by atomic mass is 10.1. The Kier molecular flexibility index (Phi) is 5.23. The summed E-state index contributed by atoms with van der Waals surface area (Å²) in [6.45, 7) is 2.15. The van der Waals surface area contributed by atoms with Gasteiger partial charge in [0.25, 0.3) is 0 Å². The van der Waals surface area contributed by atoms with Crippen LogP contribution in [0.4, 0.5) is 0 Å². The zero-order chi connectivity index (χ0) is 19.5. The van der Waals surface area contributed by atoms with Gasteiger partial charge in [-0.15, -0.1) is 15.3 Å². The SMILES string of the molecule is CC(Sc1nncn1C)c1cccc(-n2cc(-c3cccc(CO)c3)nn2)c1. The van der Waals surface area contributed by atoms with Gasteiger partial charge in [0.15, 0.2) is 5.16 Å². The molecule has 0 saturated carbocycles. The molecule has 2 aromatic carbocycles. The molecular weight excluding hydrogens is 372 g/mol. The number of benzene rings is 2. The number of aliphatic hydroxyl groups is 1. The molecule has 142 valence electrons. The summed E-state index contributed by atoms with van der Waals surface area (Å²) in [7, 11) is 1.94. The summed E-state index contributed by atoms with van der Waals surface area (Å²) in [5, 5.41) is 27.1. The van der Waals surface area contributed by atoms with Crippen molar-refractivity contribution in [3.63, 3.8) is 0 Å². The lowest BCUT2D eigenvalue weighted by Crippen LogP contribution is -1.98. The number of aryl methyl sites for hydroxylation is 1. The van der Waals surface area contributed by atoms with E-state index >= 15 is 0 Å². The highest BCUT2D eigenvalue weighted by molar-refractivity contribution is 7.99. The summed E-state index contributed by atoms with van der Waals surface area (Å²) in [6, 6.07) is 15.9. The molecule has 0 amide bonds. The minimum atomic E-state index is 0.00506. The predicted octanol–water partition coefficient (Wildman–Crippen LogP) is 3.41. The van der Waals surface area contributed by atoms with Crippen molar-refractivity contribution < 1.29 is 5.11 Å². The largest absolute Gasteiger partial charge is 0.392 e. The Balaban J connectivity index is 1.58. The first-order valence-corrected chi connectivity index (χ1v) is 9.75. The van der Waals surface area contributed by atoms with Crippen LogP contribution in [0.25, 0.3) is 16.9 Å². The van der Waals surface area contributed by atoms with E-state index in [2.05, 4.69) is 39.6 Å². The first kappa shape index (κ1) is 18.4. The van der Waals surface area contributed by atoms with Crippen LogP contribution in [0.2, 0.25) is 0 Å². The van der Waals surface area contributed by atoms with Crippen molar-refractivity contribution in [2.75, 3.05) is 0 Å². The van der Waals surface area contributed by atoms with E-state index in [1.165, 1.54) is 5.56 Å². The molecule has 4 rings (SSSR count). The molecule has 0 aliphatic heterocycles. The fourth-order valence-corrected chi connectivity index (χ4v) is 3.78. The van der Waals surface area contributed by atoms with Crippen LogP contribution >= 0.6 is 11.8 Å². The van der Waals surface area contributed by atoms with E-state index in [0.29, 0.717) is 0 Å². The minimum absolute atomic E-state index is 0.00506. The quantitative estimate of drug-likeness (QED) is 0.507. The summed E-state index contributed by atoms with van der Waals surface area (Å²) in [4.78, 5) is 0. The van der Waals surface area contributed by atoms with E-state index < -0.39 is 0 Å². The molecule has 2 heterocycles. The van der Waals surface area contributed by atoms with Gasteiger partial charge in [-0.05, 0) is 36.2 Å². The van der Waals surface area contributed by atoms with Gasteiger partial charge in [-0.1, -0.05) is 47.3 Å². The van der Waals surface area contributed by atoms with Crippen molar-refractivity contribution >= 4 is 11.8 Å². The van der Waals surface area contributed by atoms with Crippen LogP contribution in [0, 0.1) is 0 Å². The molecule has 0 aliphatic carbocycles. The summed E-state index contributed by atoms with van der Waals surface area (Å²) < 4.78 is 3.68. The molecule has 28 heavy (non-hydrogen) atoms. The molecule has 1 N–H and O–H groups in total. The third-order valence-electron chi connectivity index (χ3n) is 4.45. The molecular formula is C20H20N6OS. The third kappa shape index (κ3) is 3.83. The molecule has 2 aromatic heterocycles. The van der Waals surface area contributed by atoms with Crippen LogP contribution in [-0.4, -0.2) is 34.9 Å². The summed E-state index contributed by atoms with van der Waals surface area (Å²) in [6.07, 6.45) is 3.60. The molecule has 0 fully saturated rings. The molecule has 7 nitrogen and oxygen atoms in total. The van der Waals surface area contributed by atoms with Crippen molar-refractivity contribution in [3.05, 3.63) is 72.2 Å². The molecule has 0 radical (unpaired) electrons. The highest BCUT2D eigenvalue weighted by Gasteiger charge is 2.13. The standard InChI is InChI=1S/C20H20N6OS/c1-14(28-20-23-21-13-25(20)2)16-6-4-8-18(10-16)26-11-19(22-24-26)17-7-3-5-15(9-17)12-27/h3-11,13-14,27H,12H2,1-2H3. The smallest absolute Gasteiger partial charge is 0.191 e. The molecule has 0 bridgehead atoms. The maximum atomic E-state index is 9.33. The second kappa shape index (κ2) is 7.95. The molecule has 8 heteroatoms. The van der Waals surface area contributed by atoms with Crippen LogP contribution in [0.3, 0.4) is 0 Å². The highest BCUT2D eigenvalue weighted by atomic mass is 32.2. The molecule has 1 unspecified atom stereocenters. The van der Waals surface area contributed by atoms with Gasteiger partial charge in [0.05, 0.1) is 18.5 Å². The lowest BCUT2D eigenvalue weighted by molar-refractivity contribution is 0.282. The average molecular weight is 392 g/mol. The Morgan fingerprint density at radius 1 is 1.11 bits per heavy atom. The molecule has 4 aromatic rings. The van der Waals surface area contributed by atoms with E-state index in [-0.39, 0.29) is 11.9 Å². The van der Waals surface area contributed by atoms with Crippen LogP contribution < -0.4 is 0 Å². The van der Waals surface area contributed by atoms with Crippen molar-refractivity contribution in [1.82, 2.24) is 29.8 Å². The molecule has 0 saturated heterocycles. The fraction of sp³-hybridized carbons (Fsp3) is 0.200. The van der Waals surface area contributed by atoms with E-state index in [1.807, 2.05) is 54.2 Å². The fourth-order valence-electron chi connectivity index (χ4n) is 2.88. The van der Waals surface area contributed by atoms with Gasteiger partial charge >= 0.3 is 0 Å². The first-order chi connectivity index (χ1) is 13.6. The zero-order valence-electron chi connectivity index (χ0n) is 15.6. The summed E-state index contributed by atoms with van der Waals surface area (Å²) >= 11 is 1.66. The van der Waals surface area contributed by atoms with Crippen molar-refractivity contribution in [3.8, 4) is 16.9 Å². The number of thioether (sulfide) groups is 1. The van der Waals surface area contributed by atoms with Crippen LogP contribution in [0.15, 0.2) is 66.2 Å². The number of aliphatic hydroxyl groups excluding tert-OH is 1. The van der Waals surface area contributed by atoms with E-state index in [9.17, 15) is 5.11 Å². The number of hydrogen-bond acceptors (Lipinski definition) is 6. The monoisotopic (exact) mass is 392 g/mol. The van der Waals surface area contributed by atoms with E-state index in [0.717, 1.165) is 27.7 Å². The van der Waals surface area contributed by atoms with Gasteiger partial charge in [0, 0.05) is 17.9 Å². The number of nitrogens with zero attached hydrogens (tertiary/aromatic N) is 6. The topological polar surface area (TPSA) is 81.7 Å². The second-order valence-electron chi connectivity index (χ2n) is 6.49. The van der Waals surface area contributed by atoms with Gasteiger partial charge < -0.3 is 9.67 Å². The van der Waals surface area contributed by atoms with E-state index in [1.54, 1.807) is 22.8 Å². The Bertz CT molecular complexity index is 1090. The third-order valence-corrected chi connectivity index (χ3v) is 5.66. The Labute approximate surface area is 167 Å². The van der Waals surface area contributed by atoms with Crippen molar-refractivity contribution in [2.24, 2.45) is 7.05 Å². The maximum Gasteiger partial charge on any atom is 0.191 e. The maximum absolute atomic E-state index is 9.33. The van der Waals surface area contributed by atoms with Crippen LogP contribution in [0.5, 0.6) is 0 Å².